The Kier molecular flexibility index (Phi) is 1.47. The van der Waals surface area contributed by atoms with Crippen LogP contribution in [0.3, 0.4) is 0 Å². The zero-order valence-electron chi connectivity index (χ0n) is 7.56. The number of benzene rings is 1. The third-order valence-electron chi connectivity index (χ3n) is 2.34. The number of aromatic nitrogens is 1. The molecular weight excluding hydrogens is 202 g/mol. The summed E-state index contributed by atoms with van der Waals surface area (Å²) in [5.74, 6) is 1.51. The van der Waals surface area contributed by atoms with Gasteiger partial charge in [-0.05, 0) is 13.0 Å². The summed E-state index contributed by atoms with van der Waals surface area (Å²) >= 11 is 6.09. The molecule has 2 aromatic rings. The van der Waals surface area contributed by atoms with Gasteiger partial charge in [0.15, 0.2) is 11.5 Å². The molecule has 14 heavy (non-hydrogen) atoms. The summed E-state index contributed by atoms with van der Waals surface area (Å²) in [5, 5.41) is 1.65. The summed E-state index contributed by atoms with van der Waals surface area (Å²) < 4.78 is 10.7. The highest BCUT2D eigenvalue weighted by atomic mass is 35.5. The molecule has 0 saturated carbocycles. The van der Waals surface area contributed by atoms with Gasteiger partial charge in [-0.1, -0.05) is 11.6 Å². The third kappa shape index (κ3) is 0.930. The van der Waals surface area contributed by atoms with Crippen LogP contribution in [0, 0.1) is 6.92 Å². The van der Waals surface area contributed by atoms with Gasteiger partial charge >= 0.3 is 0 Å². The van der Waals surface area contributed by atoms with E-state index in [1.165, 1.54) is 0 Å². The number of aromatic amines is 1. The molecule has 1 aromatic heterocycles. The van der Waals surface area contributed by atoms with E-state index >= 15 is 0 Å². The predicted molar refractivity (Wildman–Crippen MR) is 54.2 cm³/mol. The molecule has 1 N–H and O–H groups in total. The van der Waals surface area contributed by atoms with Crippen LogP contribution in [0.2, 0.25) is 5.02 Å². The van der Waals surface area contributed by atoms with Crippen molar-refractivity contribution in [3.05, 3.63) is 22.8 Å². The van der Waals surface area contributed by atoms with Gasteiger partial charge in [-0.2, -0.15) is 0 Å². The Bertz CT molecular complexity index is 518. The second kappa shape index (κ2) is 2.58. The van der Waals surface area contributed by atoms with Crippen molar-refractivity contribution in [2.75, 3.05) is 6.79 Å². The minimum Gasteiger partial charge on any atom is -0.454 e. The summed E-state index contributed by atoms with van der Waals surface area (Å²) in [6.07, 6.45) is 0. The molecule has 0 amide bonds. The monoisotopic (exact) mass is 209 g/mol. The van der Waals surface area contributed by atoms with E-state index < -0.39 is 0 Å². The van der Waals surface area contributed by atoms with Crippen molar-refractivity contribution in [3.63, 3.8) is 0 Å². The van der Waals surface area contributed by atoms with E-state index in [-0.39, 0.29) is 6.79 Å². The van der Waals surface area contributed by atoms with Crippen LogP contribution in [0.4, 0.5) is 0 Å². The molecule has 1 aromatic carbocycles. The van der Waals surface area contributed by atoms with Gasteiger partial charge in [0.25, 0.3) is 0 Å². The minimum absolute atomic E-state index is 0.273. The molecule has 4 heteroatoms. The Morgan fingerprint density at radius 3 is 3.07 bits per heavy atom. The number of nitrogens with one attached hydrogen (secondary N) is 1. The Labute approximate surface area is 85.6 Å². The maximum absolute atomic E-state index is 6.09. The number of fused-ring (bicyclic) bond motifs is 3. The predicted octanol–water partition coefficient (Wildman–Crippen LogP) is 2.86. The van der Waals surface area contributed by atoms with Crippen molar-refractivity contribution in [2.24, 2.45) is 0 Å². The van der Waals surface area contributed by atoms with Gasteiger partial charge < -0.3 is 14.5 Å². The second-order valence-electron chi connectivity index (χ2n) is 3.33. The van der Waals surface area contributed by atoms with Crippen LogP contribution in [0.1, 0.15) is 5.69 Å². The van der Waals surface area contributed by atoms with Crippen LogP contribution in [0.25, 0.3) is 10.9 Å². The molecule has 0 radical (unpaired) electrons. The molecular formula is C10H8ClNO2. The number of rotatable bonds is 0. The normalized spacial score (nSPS) is 13.9. The standard InChI is InChI=1S/C10H8ClNO2/c1-5-2-6-9(12-5)7(11)3-8-10(6)14-4-13-8/h2-3,12H,4H2,1H3. The van der Waals surface area contributed by atoms with E-state index in [1.54, 1.807) is 6.07 Å². The van der Waals surface area contributed by atoms with Crippen molar-refractivity contribution in [1.82, 2.24) is 4.98 Å². The van der Waals surface area contributed by atoms with E-state index in [2.05, 4.69) is 4.98 Å². The number of halogens is 1. The lowest BCUT2D eigenvalue weighted by Crippen LogP contribution is -1.93. The third-order valence-corrected chi connectivity index (χ3v) is 2.63. The van der Waals surface area contributed by atoms with Crippen molar-refractivity contribution < 1.29 is 9.47 Å². The van der Waals surface area contributed by atoms with Gasteiger partial charge in [0.1, 0.15) is 0 Å². The van der Waals surface area contributed by atoms with Crippen LogP contribution < -0.4 is 9.47 Å². The Morgan fingerprint density at radius 2 is 2.21 bits per heavy atom. The quantitative estimate of drug-likeness (QED) is 0.724. The molecule has 0 spiro atoms. The molecule has 0 fully saturated rings. The average Bonchev–Trinajstić information content (AvgIpc) is 2.69. The molecule has 1 aliphatic heterocycles. The molecule has 0 aliphatic carbocycles. The molecule has 72 valence electrons. The van der Waals surface area contributed by atoms with Gasteiger partial charge in [-0.15, -0.1) is 0 Å². The highest BCUT2D eigenvalue weighted by Gasteiger charge is 2.20. The molecule has 0 saturated heterocycles. The first kappa shape index (κ1) is 8.00. The average molecular weight is 210 g/mol. The van der Waals surface area contributed by atoms with Crippen LogP contribution in [-0.4, -0.2) is 11.8 Å². The van der Waals surface area contributed by atoms with E-state index in [0.717, 1.165) is 28.1 Å². The number of hydrogen-bond donors (Lipinski definition) is 1. The Balaban J connectivity index is 2.46. The highest BCUT2D eigenvalue weighted by Crippen LogP contribution is 2.42. The first-order chi connectivity index (χ1) is 6.75. The first-order valence-corrected chi connectivity index (χ1v) is 4.71. The van der Waals surface area contributed by atoms with E-state index in [1.807, 2.05) is 13.0 Å². The van der Waals surface area contributed by atoms with E-state index in [0.29, 0.717) is 5.02 Å². The van der Waals surface area contributed by atoms with Gasteiger partial charge in [-0.25, -0.2) is 0 Å². The number of hydrogen-bond acceptors (Lipinski definition) is 2. The smallest absolute Gasteiger partial charge is 0.231 e. The lowest BCUT2D eigenvalue weighted by molar-refractivity contribution is 0.175. The topological polar surface area (TPSA) is 34.2 Å². The molecule has 3 nitrogen and oxygen atoms in total. The summed E-state index contributed by atoms with van der Waals surface area (Å²) in [4.78, 5) is 3.19. The number of ether oxygens (including phenoxy) is 2. The summed E-state index contributed by atoms with van der Waals surface area (Å²) in [5.41, 5.74) is 1.97. The van der Waals surface area contributed by atoms with E-state index in [4.69, 9.17) is 21.1 Å². The fraction of sp³-hybridized carbons (Fsp3) is 0.200. The maximum Gasteiger partial charge on any atom is 0.231 e. The first-order valence-electron chi connectivity index (χ1n) is 4.33. The highest BCUT2D eigenvalue weighted by molar-refractivity contribution is 6.35. The SMILES string of the molecule is Cc1cc2c3c(cc(Cl)c2[nH]1)OCO3. The zero-order valence-corrected chi connectivity index (χ0v) is 8.31. The molecule has 0 atom stereocenters. The minimum atomic E-state index is 0.273. The summed E-state index contributed by atoms with van der Waals surface area (Å²) in [6.45, 7) is 2.26. The van der Waals surface area contributed by atoms with E-state index in [9.17, 15) is 0 Å². The van der Waals surface area contributed by atoms with Crippen LogP contribution in [-0.2, 0) is 0 Å². The van der Waals surface area contributed by atoms with Gasteiger partial charge in [-0.3, -0.25) is 0 Å². The van der Waals surface area contributed by atoms with Crippen LogP contribution in [0.15, 0.2) is 12.1 Å². The molecule has 0 unspecified atom stereocenters. The van der Waals surface area contributed by atoms with Crippen molar-refractivity contribution in [2.45, 2.75) is 6.92 Å². The second-order valence-corrected chi connectivity index (χ2v) is 3.74. The van der Waals surface area contributed by atoms with Crippen molar-refractivity contribution >= 4 is 22.5 Å². The van der Waals surface area contributed by atoms with Crippen LogP contribution in [0.5, 0.6) is 11.5 Å². The summed E-state index contributed by atoms with van der Waals surface area (Å²) in [7, 11) is 0. The molecule has 1 aliphatic rings. The molecule has 2 heterocycles. The molecule has 0 bridgehead atoms. The van der Waals surface area contributed by atoms with Crippen molar-refractivity contribution in [3.8, 4) is 11.5 Å². The largest absolute Gasteiger partial charge is 0.454 e. The lowest BCUT2D eigenvalue weighted by atomic mass is 10.2. The van der Waals surface area contributed by atoms with Gasteiger partial charge in [0, 0.05) is 17.1 Å². The fourth-order valence-corrected chi connectivity index (χ4v) is 2.00. The Hall–Kier alpha value is -1.35. The molecule has 3 rings (SSSR count). The zero-order chi connectivity index (χ0) is 9.71. The fourth-order valence-electron chi connectivity index (χ4n) is 1.75. The lowest BCUT2D eigenvalue weighted by Gasteiger charge is -1.99. The van der Waals surface area contributed by atoms with Gasteiger partial charge in [0.2, 0.25) is 6.79 Å². The van der Waals surface area contributed by atoms with Crippen molar-refractivity contribution in [1.29, 1.82) is 0 Å². The number of H-pyrrole nitrogens is 1. The maximum atomic E-state index is 6.09. The summed E-state index contributed by atoms with van der Waals surface area (Å²) in [6, 6.07) is 3.79. The van der Waals surface area contributed by atoms with Crippen LogP contribution >= 0.6 is 11.6 Å². The number of aryl methyl sites for hydroxylation is 1. The van der Waals surface area contributed by atoms with Gasteiger partial charge in [0.05, 0.1) is 10.5 Å². The Morgan fingerprint density at radius 1 is 1.36 bits per heavy atom.